The Morgan fingerprint density at radius 3 is 3.00 bits per heavy atom. The van der Waals surface area contributed by atoms with Crippen LogP contribution in [0.1, 0.15) is 18.2 Å². The van der Waals surface area contributed by atoms with Crippen LogP contribution in [-0.2, 0) is 17.3 Å². The van der Waals surface area contributed by atoms with Crippen LogP contribution in [0.4, 0.5) is 0 Å². The van der Waals surface area contributed by atoms with Crippen molar-refractivity contribution >= 4 is 22.1 Å². The maximum absolute atomic E-state index is 10.9. The zero-order valence-electron chi connectivity index (χ0n) is 9.99. The molecule has 0 aliphatic heterocycles. The third-order valence-electron chi connectivity index (χ3n) is 2.37. The fourth-order valence-corrected chi connectivity index (χ4v) is 2.83. The van der Waals surface area contributed by atoms with E-state index < -0.39 is 10.8 Å². The Labute approximate surface area is 104 Å². The quantitative estimate of drug-likeness (QED) is 0.816. The number of methoxy groups -OCH3 is 1. The van der Waals surface area contributed by atoms with Crippen molar-refractivity contribution < 1.29 is 8.95 Å². The number of ether oxygens (including phenoxy) is 1. The lowest BCUT2D eigenvalue weighted by Gasteiger charge is -2.12. The SMILES string of the molecule is COc1ccsc1CNC(C)CCS(C)=O. The highest BCUT2D eigenvalue weighted by Gasteiger charge is 2.07. The molecule has 0 bridgehead atoms. The van der Waals surface area contributed by atoms with E-state index in [1.807, 2.05) is 11.4 Å². The predicted molar refractivity (Wildman–Crippen MR) is 70.7 cm³/mol. The molecule has 0 saturated carbocycles. The molecule has 0 spiro atoms. The van der Waals surface area contributed by atoms with Gasteiger partial charge >= 0.3 is 0 Å². The molecule has 0 radical (unpaired) electrons. The molecule has 1 heterocycles. The Hall–Kier alpha value is -0.390. The molecule has 92 valence electrons. The van der Waals surface area contributed by atoms with Crippen LogP contribution in [-0.4, -0.2) is 29.4 Å². The average molecular weight is 261 g/mol. The first-order chi connectivity index (χ1) is 7.63. The second-order valence-electron chi connectivity index (χ2n) is 3.76. The molecule has 2 atom stereocenters. The molecule has 5 heteroatoms. The van der Waals surface area contributed by atoms with E-state index in [1.54, 1.807) is 24.7 Å². The second-order valence-corrected chi connectivity index (χ2v) is 6.32. The molecule has 3 nitrogen and oxygen atoms in total. The summed E-state index contributed by atoms with van der Waals surface area (Å²) < 4.78 is 16.2. The molecule has 16 heavy (non-hydrogen) atoms. The highest BCUT2D eigenvalue weighted by atomic mass is 32.2. The van der Waals surface area contributed by atoms with Gasteiger partial charge in [-0.15, -0.1) is 11.3 Å². The summed E-state index contributed by atoms with van der Waals surface area (Å²) in [4.78, 5) is 1.21. The molecule has 1 aromatic heterocycles. The lowest BCUT2D eigenvalue weighted by Crippen LogP contribution is -2.26. The van der Waals surface area contributed by atoms with Gasteiger partial charge in [-0.2, -0.15) is 0 Å². The molecule has 0 amide bonds. The van der Waals surface area contributed by atoms with Crippen molar-refractivity contribution in [2.24, 2.45) is 0 Å². The van der Waals surface area contributed by atoms with E-state index in [0.29, 0.717) is 6.04 Å². The minimum atomic E-state index is -0.695. The summed E-state index contributed by atoms with van der Waals surface area (Å²) >= 11 is 1.69. The monoisotopic (exact) mass is 261 g/mol. The Kier molecular flexibility index (Phi) is 6.01. The van der Waals surface area contributed by atoms with Crippen LogP contribution in [0.25, 0.3) is 0 Å². The Balaban J connectivity index is 2.31. The minimum absolute atomic E-state index is 0.385. The third-order valence-corrected chi connectivity index (χ3v) is 4.09. The molecular formula is C11H19NO2S2. The van der Waals surface area contributed by atoms with Crippen molar-refractivity contribution in [2.45, 2.75) is 25.9 Å². The summed E-state index contributed by atoms with van der Waals surface area (Å²) in [5.41, 5.74) is 0. The lowest BCUT2D eigenvalue weighted by molar-refractivity contribution is 0.408. The summed E-state index contributed by atoms with van der Waals surface area (Å²) in [6.07, 6.45) is 2.69. The van der Waals surface area contributed by atoms with Gasteiger partial charge in [0, 0.05) is 35.4 Å². The summed E-state index contributed by atoms with van der Waals surface area (Å²) in [7, 11) is 0.995. The number of hydrogen-bond donors (Lipinski definition) is 1. The van der Waals surface area contributed by atoms with Crippen LogP contribution >= 0.6 is 11.3 Å². The van der Waals surface area contributed by atoms with Crippen LogP contribution in [0, 0.1) is 0 Å². The van der Waals surface area contributed by atoms with E-state index in [2.05, 4.69) is 12.2 Å². The first kappa shape index (κ1) is 13.7. The van der Waals surface area contributed by atoms with Gasteiger partial charge in [0.15, 0.2) is 0 Å². The maximum atomic E-state index is 10.9. The van der Waals surface area contributed by atoms with Crippen molar-refractivity contribution in [3.63, 3.8) is 0 Å². The van der Waals surface area contributed by atoms with Gasteiger partial charge in [-0.25, -0.2) is 0 Å². The number of thiophene rings is 1. The summed E-state index contributed by atoms with van der Waals surface area (Å²) in [5, 5.41) is 5.44. The van der Waals surface area contributed by atoms with Crippen LogP contribution < -0.4 is 10.1 Å². The fourth-order valence-electron chi connectivity index (χ4n) is 1.35. The Morgan fingerprint density at radius 2 is 2.38 bits per heavy atom. The molecule has 0 aliphatic rings. The van der Waals surface area contributed by atoms with Gasteiger partial charge in [-0.3, -0.25) is 4.21 Å². The van der Waals surface area contributed by atoms with Crippen LogP contribution in [0.15, 0.2) is 11.4 Å². The van der Waals surface area contributed by atoms with Gasteiger partial charge in [0.2, 0.25) is 0 Å². The van der Waals surface area contributed by atoms with Gasteiger partial charge in [0.05, 0.1) is 12.0 Å². The van der Waals surface area contributed by atoms with E-state index in [-0.39, 0.29) is 0 Å². The molecule has 1 aromatic rings. The van der Waals surface area contributed by atoms with Crippen LogP contribution in [0.3, 0.4) is 0 Å². The first-order valence-electron chi connectivity index (χ1n) is 5.27. The maximum Gasteiger partial charge on any atom is 0.134 e. The standard InChI is InChI=1S/C11H19NO2S2/c1-9(5-7-16(3)13)12-8-11-10(14-2)4-6-15-11/h4,6,9,12H,5,7-8H2,1-3H3. The van der Waals surface area contributed by atoms with Gasteiger partial charge in [-0.05, 0) is 24.8 Å². The highest BCUT2D eigenvalue weighted by Crippen LogP contribution is 2.24. The van der Waals surface area contributed by atoms with E-state index in [0.717, 1.165) is 24.5 Å². The normalized spacial score (nSPS) is 14.7. The van der Waals surface area contributed by atoms with Crippen molar-refractivity contribution in [1.29, 1.82) is 0 Å². The molecule has 0 aromatic carbocycles. The van der Waals surface area contributed by atoms with E-state index in [1.165, 1.54) is 4.88 Å². The topological polar surface area (TPSA) is 38.3 Å². The highest BCUT2D eigenvalue weighted by molar-refractivity contribution is 7.84. The van der Waals surface area contributed by atoms with Crippen molar-refractivity contribution in [1.82, 2.24) is 5.32 Å². The van der Waals surface area contributed by atoms with Crippen molar-refractivity contribution in [2.75, 3.05) is 19.1 Å². The number of rotatable bonds is 7. The smallest absolute Gasteiger partial charge is 0.134 e. The molecule has 1 rings (SSSR count). The van der Waals surface area contributed by atoms with Gasteiger partial charge in [0.1, 0.15) is 5.75 Å². The molecular weight excluding hydrogens is 242 g/mol. The average Bonchev–Trinajstić information content (AvgIpc) is 2.70. The zero-order chi connectivity index (χ0) is 12.0. The molecule has 0 aliphatic carbocycles. The van der Waals surface area contributed by atoms with E-state index in [4.69, 9.17) is 4.74 Å². The minimum Gasteiger partial charge on any atom is -0.496 e. The van der Waals surface area contributed by atoms with Gasteiger partial charge < -0.3 is 10.1 Å². The Bertz CT molecular complexity index is 338. The summed E-state index contributed by atoms with van der Waals surface area (Å²) in [6, 6.07) is 2.36. The van der Waals surface area contributed by atoms with Crippen molar-refractivity contribution in [3.05, 3.63) is 16.3 Å². The summed E-state index contributed by atoms with van der Waals surface area (Å²) in [6.45, 7) is 2.94. The third kappa shape index (κ3) is 4.63. The predicted octanol–water partition coefficient (Wildman–Crippen LogP) is 2.00. The molecule has 2 unspecified atom stereocenters. The van der Waals surface area contributed by atoms with E-state index in [9.17, 15) is 4.21 Å². The van der Waals surface area contributed by atoms with Gasteiger partial charge in [-0.1, -0.05) is 0 Å². The van der Waals surface area contributed by atoms with Crippen molar-refractivity contribution in [3.8, 4) is 5.75 Å². The molecule has 0 fully saturated rings. The van der Waals surface area contributed by atoms with Crippen LogP contribution in [0.5, 0.6) is 5.75 Å². The van der Waals surface area contributed by atoms with Crippen LogP contribution in [0.2, 0.25) is 0 Å². The second kappa shape index (κ2) is 7.04. The lowest BCUT2D eigenvalue weighted by atomic mass is 10.2. The Morgan fingerprint density at radius 1 is 1.62 bits per heavy atom. The summed E-state index contributed by atoms with van der Waals surface area (Å²) in [5.74, 6) is 1.71. The number of hydrogen-bond acceptors (Lipinski definition) is 4. The molecule has 0 saturated heterocycles. The van der Waals surface area contributed by atoms with E-state index >= 15 is 0 Å². The largest absolute Gasteiger partial charge is 0.496 e. The van der Waals surface area contributed by atoms with Gasteiger partial charge in [0.25, 0.3) is 0 Å². The first-order valence-corrected chi connectivity index (χ1v) is 7.88. The molecule has 1 N–H and O–H groups in total. The fraction of sp³-hybridized carbons (Fsp3) is 0.636. The zero-order valence-corrected chi connectivity index (χ0v) is 11.6. The number of nitrogens with one attached hydrogen (secondary N) is 1.